The Kier molecular flexibility index (Phi) is 7.96. The fraction of sp³-hybridized carbons (Fsp3) is 0.222. The van der Waals surface area contributed by atoms with Crippen molar-refractivity contribution >= 4 is 68.8 Å². The number of ketones is 1. The maximum Gasteiger partial charge on any atom is 0.234 e. The predicted molar refractivity (Wildman–Crippen MR) is 155 cm³/mol. The summed E-state index contributed by atoms with van der Waals surface area (Å²) in [6.45, 7) is 1.96. The Labute approximate surface area is 243 Å². The van der Waals surface area contributed by atoms with E-state index in [1.165, 1.54) is 23.1 Å². The second kappa shape index (κ2) is 11.4. The normalized spacial score (nSPS) is 17.2. The molecule has 2 aliphatic rings. The van der Waals surface area contributed by atoms with Gasteiger partial charge in [-0.15, -0.1) is 10.2 Å². The molecule has 0 radical (unpaired) electrons. The SMILES string of the molecule is Cc1cccc(NC(=O)CSc2nnc(N3C(N)=C(C#N)C(c4cccc(Cl)c4Cl)C4=C3CCCC4=O)s2)c1. The molecule has 2 aromatic carbocycles. The van der Waals surface area contributed by atoms with Crippen molar-refractivity contribution in [2.24, 2.45) is 5.73 Å². The fourth-order valence-electron chi connectivity index (χ4n) is 4.76. The minimum Gasteiger partial charge on any atom is -0.384 e. The van der Waals surface area contributed by atoms with Crippen molar-refractivity contribution in [2.45, 2.75) is 36.4 Å². The average Bonchev–Trinajstić information content (AvgIpc) is 3.37. The lowest BCUT2D eigenvalue weighted by atomic mass is 9.76. The summed E-state index contributed by atoms with van der Waals surface area (Å²) in [6, 6.07) is 14.9. The summed E-state index contributed by atoms with van der Waals surface area (Å²) < 4.78 is 0.556. The van der Waals surface area contributed by atoms with Crippen LogP contribution in [0, 0.1) is 18.3 Å². The van der Waals surface area contributed by atoms with Gasteiger partial charge in [0.25, 0.3) is 0 Å². The van der Waals surface area contributed by atoms with E-state index in [4.69, 9.17) is 28.9 Å². The molecular weight excluding hydrogens is 575 g/mol. The zero-order valence-electron chi connectivity index (χ0n) is 20.7. The predicted octanol–water partition coefficient (Wildman–Crippen LogP) is 6.19. The highest BCUT2D eigenvalue weighted by molar-refractivity contribution is 8.01. The first kappa shape index (κ1) is 27.2. The first-order valence-electron chi connectivity index (χ1n) is 12.0. The number of amides is 1. The Hall–Kier alpha value is -3.36. The summed E-state index contributed by atoms with van der Waals surface area (Å²) in [5, 5.41) is 22.6. The Morgan fingerprint density at radius 2 is 2.05 bits per heavy atom. The number of hydrogen-bond acceptors (Lipinski definition) is 9. The summed E-state index contributed by atoms with van der Waals surface area (Å²) in [6.07, 6.45) is 1.56. The number of aryl methyl sites for hydroxylation is 1. The quantitative estimate of drug-likeness (QED) is 0.323. The number of carbonyl (C=O) groups excluding carboxylic acids is 2. The van der Waals surface area contributed by atoms with Gasteiger partial charge in [-0.3, -0.25) is 14.5 Å². The number of nitrogens with zero attached hydrogens (tertiary/aromatic N) is 4. The molecule has 3 aromatic rings. The third kappa shape index (κ3) is 5.40. The Bertz CT molecular complexity index is 1590. The van der Waals surface area contributed by atoms with Crippen molar-refractivity contribution < 1.29 is 9.59 Å². The van der Waals surface area contributed by atoms with Crippen molar-refractivity contribution in [3.05, 3.63) is 86.3 Å². The van der Waals surface area contributed by atoms with E-state index in [0.29, 0.717) is 50.6 Å². The number of halogens is 2. The molecule has 1 unspecified atom stereocenters. The molecule has 12 heteroatoms. The number of benzene rings is 2. The van der Waals surface area contributed by atoms with E-state index < -0.39 is 5.92 Å². The Balaban J connectivity index is 1.44. The standard InChI is InChI=1S/C27H22Cl2N6O2S2/c1-14-5-2-6-15(11-14)32-21(37)13-38-27-34-33-26(39-27)35-19-9-4-10-20(36)23(19)22(17(12-30)25(35)31)16-7-3-8-18(28)24(16)29/h2-3,5-8,11,22H,4,9-10,13,31H2,1H3,(H,32,37). The molecule has 1 aliphatic heterocycles. The van der Waals surface area contributed by atoms with Crippen molar-refractivity contribution in [2.75, 3.05) is 16.0 Å². The summed E-state index contributed by atoms with van der Waals surface area (Å²) in [4.78, 5) is 27.4. The van der Waals surface area contributed by atoms with Gasteiger partial charge in [-0.2, -0.15) is 5.26 Å². The van der Waals surface area contributed by atoms with E-state index >= 15 is 0 Å². The number of allylic oxidation sites excluding steroid dienone is 3. The minimum absolute atomic E-state index is 0.0746. The molecule has 1 amide bonds. The molecule has 39 heavy (non-hydrogen) atoms. The van der Waals surface area contributed by atoms with Gasteiger partial charge in [0.1, 0.15) is 5.82 Å². The number of aromatic nitrogens is 2. The molecule has 1 atom stereocenters. The monoisotopic (exact) mass is 596 g/mol. The molecule has 1 aliphatic carbocycles. The Morgan fingerprint density at radius 3 is 2.82 bits per heavy atom. The van der Waals surface area contributed by atoms with Crippen LogP contribution in [0.2, 0.25) is 10.0 Å². The van der Waals surface area contributed by atoms with Crippen LogP contribution < -0.4 is 16.0 Å². The molecule has 2 heterocycles. The van der Waals surface area contributed by atoms with Crippen molar-refractivity contribution in [3.8, 4) is 6.07 Å². The van der Waals surface area contributed by atoms with Crippen molar-refractivity contribution in [1.82, 2.24) is 10.2 Å². The zero-order chi connectivity index (χ0) is 27.7. The molecule has 3 N–H and O–H groups in total. The second-order valence-corrected chi connectivity index (χ2v) is 12.0. The molecular formula is C27H22Cl2N6O2S2. The molecule has 0 saturated carbocycles. The topological polar surface area (TPSA) is 125 Å². The largest absolute Gasteiger partial charge is 0.384 e. The number of nitrogens with one attached hydrogen (secondary N) is 1. The van der Waals surface area contributed by atoms with Gasteiger partial charge in [0.2, 0.25) is 11.0 Å². The number of nitriles is 1. The maximum absolute atomic E-state index is 13.3. The minimum atomic E-state index is -0.729. The highest BCUT2D eigenvalue weighted by Crippen LogP contribution is 2.49. The van der Waals surface area contributed by atoms with Crippen LogP contribution in [0.1, 0.15) is 36.3 Å². The summed E-state index contributed by atoms with van der Waals surface area (Å²) in [7, 11) is 0. The van der Waals surface area contributed by atoms with E-state index in [2.05, 4.69) is 21.6 Å². The van der Waals surface area contributed by atoms with Gasteiger partial charge in [-0.25, -0.2) is 0 Å². The number of anilines is 2. The summed E-state index contributed by atoms with van der Waals surface area (Å²) >= 11 is 15.3. The molecule has 0 saturated heterocycles. The summed E-state index contributed by atoms with van der Waals surface area (Å²) in [5.74, 6) is -0.673. The van der Waals surface area contributed by atoms with Gasteiger partial charge in [0.05, 0.1) is 33.4 Å². The first-order valence-corrected chi connectivity index (χ1v) is 14.6. The van der Waals surface area contributed by atoms with Gasteiger partial charge in [0.15, 0.2) is 10.1 Å². The van der Waals surface area contributed by atoms with Crippen LogP contribution in [0.5, 0.6) is 0 Å². The van der Waals surface area contributed by atoms with Crippen LogP contribution in [0.15, 0.2) is 69.5 Å². The highest BCUT2D eigenvalue weighted by atomic mass is 35.5. The molecule has 198 valence electrons. The lowest BCUT2D eigenvalue weighted by Gasteiger charge is -2.38. The first-order chi connectivity index (χ1) is 18.8. The molecule has 0 spiro atoms. The highest BCUT2D eigenvalue weighted by Gasteiger charge is 2.42. The number of hydrogen-bond donors (Lipinski definition) is 2. The molecule has 1 aromatic heterocycles. The lowest BCUT2D eigenvalue weighted by Crippen LogP contribution is -2.38. The van der Waals surface area contributed by atoms with Crippen LogP contribution in [0.25, 0.3) is 0 Å². The van der Waals surface area contributed by atoms with Crippen LogP contribution in [-0.4, -0.2) is 27.6 Å². The number of nitrogens with two attached hydrogens (primary N) is 1. The van der Waals surface area contributed by atoms with E-state index in [1.807, 2.05) is 31.2 Å². The maximum atomic E-state index is 13.3. The zero-order valence-corrected chi connectivity index (χ0v) is 23.8. The van der Waals surface area contributed by atoms with Crippen molar-refractivity contribution in [3.63, 3.8) is 0 Å². The Morgan fingerprint density at radius 1 is 1.26 bits per heavy atom. The molecule has 0 fully saturated rings. The van der Waals surface area contributed by atoms with Crippen LogP contribution in [-0.2, 0) is 9.59 Å². The second-order valence-electron chi connectivity index (χ2n) is 9.02. The van der Waals surface area contributed by atoms with Crippen LogP contribution in [0.4, 0.5) is 10.8 Å². The number of Topliss-reactive ketones (excluding diaryl/α,β-unsaturated/α-hetero) is 1. The smallest absolute Gasteiger partial charge is 0.234 e. The number of carbonyl (C=O) groups is 2. The van der Waals surface area contributed by atoms with Gasteiger partial charge < -0.3 is 11.1 Å². The van der Waals surface area contributed by atoms with Gasteiger partial charge in [-0.05, 0) is 49.1 Å². The van der Waals surface area contributed by atoms with E-state index in [-0.39, 0.29) is 33.9 Å². The third-order valence-corrected chi connectivity index (χ3v) is 9.30. The van der Waals surface area contributed by atoms with E-state index in [1.54, 1.807) is 23.1 Å². The average molecular weight is 598 g/mol. The number of thioether (sulfide) groups is 1. The lowest BCUT2D eigenvalue weighted by molar-refractivity contribution is -0.116. The van der Waals surface area contributed by atoms with Gasteiger partial charge >= 0.3 is 0 Å². The van der Waals surface area contributed by atoms with Crippen molar-refractivity contribution in [1.29, 1.82) is 5.26 Å². The third-order valence-electron chi connectivity index (χ3n) is 6.42. The number of rotatable bonds is 6. The molecule has 8 nitrogen and oxygen atoms in total. The van der Waals surface area contributed by atoms with Crippen LogP contribution >= 0.6 is 46.3 Å². The van der Waals surface area contributed by atoms with Crippen LogP contribution in [0.3, 0.4) is 0 Å². The summed E-state index contributed by atoms with van der Waals surface area (Å²) in [5.41, 5.74) is 10.3. The molecule has 5 rings (SSSR count). The fourth-order valence-corrected chi connectivity index (χ4v) is 6.86. The van der Waals surface area contributed by atoms with Gasteiger partial charge in [-0.1, -0.05) is 70.6 Å². The molecule has 0 bridgehead atoms. The van der Waals surface area contributed by atoms with E-state index in [0.717, 1.165) is 11.3 Å². The van der Waals surface area contributed by atoms with E-state index in [9.17, 15) is 14.9 Å². The van der Waals surface area contributed by atoms with Gasteiger partial charge in [0, 0.05) is 23.4 Å².